The molecule has 1 atom stereocenters. The highest BCUT2D eigenvalue weighted by Gasteiger charge is 2.23. The Balaban J connectivity index is 0.00000261. The monoisotopic (exact) mass is 519 g/mol. The van der Waals surface area contributed by atoms with Crippen LogP contribution in [0.4, 0.5) is 0 Å². The van der Waals surface area contributed by atoms with Gasteiger partial charge in [0.15, 0.2) is 5.96 Å². The van der Waals surface area contributed by atoms with Crippen molar-refractivity contribution in [3.63, 3.8) is 0 Å². The summed E-state index contributed by atoms with van der Waals surface area (Å²) in [6.45, 7) is 5.80. The normalized spacial score (nSPS) is 16.0. The number of hydrogen-bond donors (Lipinski definition) is 2. The van der Waals surface area contributed by atoms with Gasteiger partial charge < -0.3 is 10.6 Å². The predicted molar refractivity (Wildman–Crippen MR) is 125 cm³/mol. The van der Waals surface area contributed by atoms with E-state index in [-0.39, 0.29) is 30.0 Å². The molecule has 3 rings (SSSR count). The second-order valence-corrected chi connectivity index (χ2v) is 8.24. The minimum Gasteiger partial charge on any atom is -0.354 e. The number of guanidine groups is 1. The minimum absolute atomic E-state index is 0. The lowest BCUT2D eigenvalue weighted by atomic mass is 10.1. The van der Waals surface area contributed by atoms with Crippen molar-refractivity contribution in [3.8, 4) is 0 Å². The SMILES string of the molecule is CN=C(NCc1ncc(C)s1)NCC(c1cccc(Cl)c1)N1CCCC1.I. The fourth-order valence-electron chi connectivity index (χ4n) is 3.28. The molecule has 0 spiro atoms. The molecule has 5 nitrogen and oxygen atoms in total. The van der Waals surface area contributed by atoms with Crippen molar-refractivity contribution in [2.45, 2.75) is 32.4 Å². The Kier molecular flexibility index (Phi) is 9.28. The Morgan fingerprint density at radius 1 is 1.33 bits per heavy atom. The van der Waals surface area contributed by atoms with Crippen LogP contribution < -0.4 is 10.6 Å². The van der Waals surface area contributed by atoms with E-state index in [0.717, 1.165) is 35.6 Å². The molecule has 2 N–H and O–H groups in total. The summed E-state index contributed by atoms with van der Waals surface area (Å²) in [7, 11) is 1.80. The molecule has 0 radical (unpaired) electrons. The van der Waals surface area contributed by atoms with Crippen LogP contribution in [-0.2, 0) is 6.54 Å². The quantitative estimate of drug-likeness (QED) is 0.341. The van der Waals surface area contributed by atoms with Gasteiger partial charge in [-0.15, -0.1) is 35.3 Å². The van der Waals surface area contributed by atoms with Crippen molar-refractivity contribution in [2.24, 2.45) is 4.99 Å². The number of nitrogens with zero attached hydrogens (tertiary/aromatic N) is 3. The third kappa shape index (κ3) is 6.58. The lowest BCUT2D eigenvalue weighted by Gasteiger charge is -2.29. The van der Waals surface area contributed by atoms with Gasteiger partial charge in [-0.05, 0) is 50.6 Å². The molecule has 1 aromatic carbocycles. The molecule has 0 saturated carbocycles. The number of aryl methyl sites for hydroxylation is 1. The molecule has 0 amide bonds. The molecule has 1 saturated heterocycles. The van der Waals surface area contributed by atoms with Crippen LogP contribution in [0.1, 0.15) is 34.3 Å². The van der Waals surface area contributed by atoms with Gasteiger partial charge >= 0.3 is 0 Å². The molecular weight excluding hydrogens is 493 g/mol. The molecule has 8 heteroatoms. The molecule has 1 unspecified atom stereocenters. The first-order valence-corrected chi connectivity index (χ1v) is 10.2. The summed E-state index contributed by atoms with van der Waals surface area (Å²) < 4.78 is 0. The molecule has 1 fully saturated rings. The van der Waals surface area contributed by atoms with Crippen molar-refractivity contribution >= 4 is 52.9 Å². The average molecular weight is 520 g/mol. The topological polar surface area (TPSA) is 52.6 Å². The zero-order valence-corrected chi connectivity index (χ0v) is 19.6. The third-order valence-electron chi connectivity index (χ3n) is 4.58. The molecule has 2 aromatic rings. The van der Waals surface area contributed by atoms with Crippen LogP contribution in [0.3, 0.4) is 0 Å². The number of benzene rings is 1. The number of aromatic nitrogens is 1. The molecule has 0 aliphatic carbocycles. The summed E-state index contributed by atoms with van der Waals surface area (Å²) >= 11 is 7.93. The molecular formula is C19H27ClIN5S. The van der Waals surface area contributed by atoms with Crippen LogP contribution in [0.25, 0.3) is 0 Å². The molecule has 1 aliphatic rings. The van der Waals surface area contributed by atoms with Crippen LogP contribution in [0, 0.1) is 6.92 Å². The summed E-state index contributed by atoms with van der Waals surface area (Å²) in [5.74, 6) is 0.795. The second kappa shape index (κ2) is 11.2. The molecule has 0 bridgehead atoms. The first-order valence-electron chi connectivity index (χ1n) is 9.01. The fraction of sp³-hybridized carbons (Fsp3) is 0.474. The van der Waals surface area contributed by atoms with Gasteiger partial charge in [-0.1, -0.05) is 23.7 Å². The van der Waals surface area contributed by atoms with E-state index in [0.29, 0.717) is 6.54 Å². The summed E-state index contributed by atoms with van der Waals surface area (Å²) in [6.07, 6.45) is 4.42. The Morgan fingerprint density at radius 2 is 2.11 bits per heavy atom. The van der Waals surface area contributed by atoms with Crippen molar-refractivity contribution in [2.75, 3.05) is 26.7 Å². The maximum Gasteiger partial charge on any atom is 0.191 e. The second-order valence-electron chi connectivity index (χ2n) is 6.49. The van der Waals surface area contributed by atoms with Crippen LogP contribution in [-0.4, -0.2) is 42.5 Å². The van der Waals surface area contributed by atoms with E-state index in [1.54, 1.807) is 18.4 Å². The van der Waals surface area contributed by atoms with Gasteiger partial charge in [-0.3, -0.25) is 9.89 Å². The number of hydrogen-bond acceptors (Lipinski definition) is 4. The van der Waals surface area contributed by atoms with Gasteiger partial charge in [-0.25, -0.2) is 4.98 Å². The number of aliphatic imine (C=N–C) groups is 1. The minimum atomic E-state index is 0. The van der Waals surface area contributed by atoms with Gasteiger partial charge in [0.05, 0.1) is 12.6 Å². The van der Waals surface area contributed by atoms with Crippen molar-refractivity contribution < 1.29 is 0 Å². The standard InChI is InChI=1S/C19H26ClN5S.HI/c1-14-11-22-18(26-14)13-24-19(21-2)23-12-17(25-8-3-4-9-25)15-6-5-7-16(20)10-15;/h5-7,10-11,17H,3-4,8-9,12-13H2,1-2H3,(H2,21,23,24);1H. The first kappa shape index (κ1) is 22.4. The lowest BCUT2D eigenvalue weighted by molar-refractivity contribution is 0.245. The van der Waals surface area contributed by atoms with Crippen LogP contribution in [0.15, 0.2) is 35.5 Å². The van der Waals surface area contributed by atoms with E-state index in [1.807, 2.05) is 18.3 Å². The third-order valence-corrected chi connectivity index (χ3v) is 5.73. The molecule has 1 aromatic heterocycles. The zero-order chi connectivity index (χ0) is 18.4. The Hall–Kier alpha value is -0.900. The average Bonchev–Trinajstić information content (AvgIpc) is 3.30. The Morgan fingerprint density at radius 3 is 2.74 bits per heavy atom. The summed E-state index contributed by atoms with van der Waals surface area (Å²) in [6, 6.07) is 8.47. The van der Waals surface area contributed by atoms with Crippen LogP contribution in [0.5, 0.6) is 0 Å². The summed E-state index contributed by atoms with van der Waals surface area (Å²) in [5, 5.41) is 8.67. The van der Waals surface area contributed by atoms with Crippen molar-refractivity contribution in [3.05, 3.63) is 50.9 Å². The van der Waals surface area contributed by atoms with Gasteiger partial charge in [0, 0.05) is 29.7 Å². The molecule has 27 heavy (non-hydrogen) atoms. The van der Waals surface area contributed by atoms with E-state index in [9.17, 15) is 0 Å². The Labute approximate surface area is 187 Å². The van der Waals surface area contributed by atoms with E-state index < -0.39 is 0 Å². The van der Waals surface area contributed by atoms with Gasteiger partial charge in [-0.2, -0.15) is 0 Å². The smallest absolute Gasteiger partial charge is 0.191 e. The largest absolute Gasteiger partial charge is 0.354 e. The summed E-state index contributed by atoms with van der Waals surface area (Å²) in [5.41, 5.74) is 1.25. The number of halogens is 2. The molecule has 148 valence electrons. The summed E-state index contributed by atoms with van der Waals surface area (Å²) in [4.78, 5) is 12.5. The fourth-order valence-corrected chi connectivity index (χ4v) is 4.21. The maximum absolute atomic E-state index is 6.22. The van der Waals surface area contributed by atoms with Crippen LogP contribution >= 0.6 is 46.9 Å². The van der Waals surface area contributed by atoms with E-state index in [1.165, 1.54) is 23.3 Å². The number of thiazole rings is 1. The zero-order valence-electron chi connectivity index (χ0n) is 15.7. The van der Waals surface area contributed by atoms with E-state index in [2.05, 4.69) is 44.6 Å². The van der Waals surface area contributed by atoms with Gasteiger partial charge in [0.1, 0.15) is 5.01 Å². The van der Waals surface area contributed by atoms with E-state index >= 15 is 0 Å². The number of likely N-dealkylation sites (tertiary alicyclic amines) is 1. The maximum atomic E-state index is 6.22. The van der Waals surface area contributed by atoms with E-state index in [4.69, 9.17) is 11.6 Å². The van der Waals surface area contributed by atoms with Crippen molar-refractivity contribution in [1.82, 2.24) is 20.5 Å². The number of rotatable bonds is 6. The Bertz CT molecular complexity index is 745. The highest BCUT2D eigenvalue weighted by Crippen LogP contribution is 2.26. The molecule has 2 heterocycles. The van der Waals surface area contributed by atoms with Gasteiger partial charge in [0.25, 0.3) is 0 Å². The first-order chi connectivity index (χ1) is 12.7. The predicted octanol–water partition coefficient (Wildman–Crippen LogP) is 4.23. The lowest BCUT2D eigenvalue weighted by Crippen LogP contribution is -2.42. The number of nitrogens with one attached hydrogen (secondary N) is 2. The highest BCUT2D eigenvalue weighted by atomic mass is 127. The molecule has 1 aliphatic heterocycles. The van der Waals surface area contributed by atoms with Crippen molar-refractivity contribution in [1.29, 1.82) is 0 Å². The highest BCUT2D eigenvalue weighted by molar-refractivity contribution is 14.0. The van der Waals surface area contributed by atoms with Crippen LogP contribution in [0.2, 0.25) is 5.02 Å². The van der Waals surface area contributed by atoms with Gasteiger partial charge in [0.2, 0.25) is 0 Å².